The van der Waals surface area contributed by atoms with Gasteiger partial charge in [0.15, 0.2) is 5.67 Å². The highest BCUT2D eigenvalue weighted by Crippen LogP contribution is 2.41. The molecule has 28 heavy (non-hydrogen) atoms. The van der Waals surface area contributed by atoms with Gasteiger partial charge in [-0.25, -0.2) is 4.39 Å². The largest absolute Gasteiger partial charge is 0.391 e. The van der Waals surface area contributed by atoms with E-state index in [1.807, 2.05) is 20.8 Å². The van der Waals surface area contributed by atoms with Gasteiger partial charge in [0.05, 0.1) is 6.10 Å². The normalized spacial score (nSPS) is 28.8. The molecule has 3 rings (SSSR count). The number of aliphatic hydroxyl groups excluding tert-OH is 1. The SMILES string of the molecule is CC1CC(O)CN1C(=O)C(NC(=O)C1(F)CC1)C(C)(C)SCC1CCCCC1. The highest BCUT2D eigenvalue weighted by molar-refractivity contribution is 8.00. The number of carbonyl (C=O) groups excluding carboxylic acids is 2. The second-order valence-electron chi connectivity index (χ2n) is 9.52. The monoisotopic (exact) mass is 414 g/mol. The minimum absolute atomic E-state index is 0.0821. The van der Waals surface area contributed by atoms with Gasteiger partial charge in [-0.3, -0.25) is 9.59 Å². The Bertz CT molecular complexity index is 590. The van der Waals surface area contributed by atoms with Crippen LogP contribution in [0.3, 0.4) is 0 Å². The van der Waals surface area contributed by atoms with Crippen LogP contribution in [0.5, 0.6) is 0 Å². The maximum absolute atomic E-state index is 14.3. The average molecular weight is 415 g/mol. The van der Waals surface area contributed by atoms with Gasteiger partial charge in [0.1, 0.15) is 6.04 Å². The van der Waals surface area contributed by atoms with Crippen LogP contribution in [0.1, 0.15) is 72.1 Å². The molecular formula is C21H35FN2O3S. The van der Waals surface area contributed by atoms with E-state index in [1.54, 1.807) is 16.7 Å². The lowest BCUT2D eigenvalue weighted by Gasteiger charge is -2.38. The lowest BCUT2D eigenvalue weighted by atomic mass is 9.91. The summed E-state index contributed by atoms with van der Waals surface area (Å²) in [6.07, 6.45) is 6.72. The summed E-state index contributed by atoms with van der Waals surface area (Å²) in [6, 6.07) is -0.879. The van der Waals surface area contributed by atoms with E-state index in [0.717, 1.165) is 5.75 Å². The van der Waals surface area contributed by atoms with E-state index >= 15 is 0 Å². The number of hydrogen-bond donors (Lipinski definition) is 2. The molecule has 1 aliphatic heterocycles. The van der Waals surface area contributed by atoms with Crippen molar-refractivity contribution in [3.8, 4) is 0 Å². The Kier molecular flexibility index (Phi) is 6.64. The highest BCUT2D eigenvalue weighted by atomic mass is 32.2. The topological polar surface area (TPSA) is 69.6 Å². The van der Waals surface area contributed by atoms with Crippen molar-refractivity contribution in [2.24, 2.45) is 5.92 Å². The molecule has 0 radical (unpaired) electrons. The summed E-state index contributed by atoms with van der Waals surface area (Å²) < 4.78 is 13.8. The van der Waals surface area contributed by atoms with Crippen LogP contribution >= 0.6 is 11.8 Å². The Morgan fingerprint density at radius 3 is 2.46 bits per heavy atom. The van der Waals surface area contributed by atoms with Crippen molar-refractivity contribution in [1.29, 1.82) is 0 Å². The van der Waals surface area contributed by atoms with Gasteiger partial charge >= 0.3 is 0 Å². The zero-order valence-corrected chi connectivity index (χ0v) is 18.2. The minimum Gasteiger partial charge on any atom is -0.391 e. The molecule has 3 atom stereocenters. The molecule has 2 aliphatic carbocycles. The number of hydrogen-bond acceptors (Lipinski definition) is 4. The summed E-state index contributed by atoms with van der Waals surface area (Å²) in [7, 11) is 0. The molecule has 1 saturated heterocycles. The molecular weight excluding hydrogens is 379 g/mol. The van der Waals surface area contributed by atoms with E-state index < -0.39 is 28.5 Å². The fraction of sp³-hybridized carbons (Fsp3) is 0.905. The zero-order chi connectivity index (χ0) is 20.5. The first-order valence-corrected chi connectivity index (χ1v) is 11.7. The van der Waals surface area contributed by atoms with Crippen LogP contribution < -0.4 is 5.32 Å². The number of nitrogens with one attached hydrogen (secondary N) is 1. The van der Waals surface area contributed by atoms with Crippen LogP contribution in [0.2, 0.25) is 0 Å². The summed E-state index contributed by atoms with van der Waals surface area (Å²) in [5.74, 6) is 0.728. The fourth-order valence-electron chi connectivity index (χ4n) is 4.38. The molecule has 3 aliphatic rings. The van der Waals surface area contributed by atoms with Crippen molar-refractivity contribution in [3.63, 3.8) is 0 Å². The Morgan fingerprint density at radius 2 is 1.93 bits per heavy atom. The van der Waals surface area contributed by atoms with E-state index in [4.69, 9.17) is 0 Å². The Morgan fingerprint density at radius 1 is 1.29 bits per heavy atom. The minimum atomic E-state index is -1.81. The fourth-order valence-corrected chi connectivity index (χ4v) is 5.70. The first-order valence-electron chi connectivity index (χ1n) is 10.7. The molecule has 7 heteroatoms. The molecule has 5 nitrogen and oxygen atoms in total. The Labute approximate surface area is 172 Å². The van der Waals surface area contributed by atoms with E-state index in [-0.39, 0.29) is 31.3 Å². The van der Waals surface area contributed by atoms with Crippen LogP contribution in [0.15, 0.2) is 0 Å². The molecule has 2 saturated carbocycles. The molecule has 160 valence electrons. The number of rotatable bonds is 7. The van der Waals surface area contributed by atoms with Crippen molar-refractivity contribution >= 4 is 23.6 Å². The standard InChI is InChI=1S/C21H35FN2O3S/c1-14-11-16(25)12-24(14)18(26)17(23-19(27)21(22)9-10-21)20(2,3)28-13-15-7-5-4-6-8-15/h14-17,25H,4-13H2,1-3H3,(H,23,27). The van der Waals surface area contributed by atoms with Gasteiger partial charge in [-0.05, 0) is 64.5 Å². The number of halogens is 1. The van der Waals surface area contributed by atoms with E-state index in [2.05, 4.69) is 5.32 Å². The van der Waals surface area contributed by atoms with Crippen molar-refractivity contribution in [2.75, 3.05) is 12.3 Å². The molecule has 0 aromatic rings. The van der Waals surface area contributed by atoms with Crippen molar-refractivity contribution in [1.82, 2.24) is 10.2 Å². The van der Waals surface area contributed by atoms with Crippen LogP contribution in [0, 0.1) is 5.92 Å². The zero-order valence-electron chi connectivity index (χ0n) is 17.4. The summed E-state index contributed by atoms with van der Waals surface area (Å²) >= 11 is 1.71. The van der Waals surface area contributed by atoms with Gasteiger partial charge in [-0.1, -0.05) is 19.3 Å². The number of nitrogens with zero attached hydrogens (tertiary/aromatic N) is 1. The molecule has 0 aromatic carbocycles. The van der Waals surface area contributed by atoms with Gasteiger partial charge < -0.3 is 15.3 Å². The number of carbonyl (C=O) groups is 2. The Balaban J connectivity index is 1.71. The van der Waals surface area contributed by atoms with Gasteiger partial charge in [-0.15, -0.1) is 0 Å². The molecule has 3 unspecified atom stereocenters. The number of amides is 2. The summed E-state index contributed by atoms with van der Waals surface area (Å²) in [4.78, 5) is 27.4. The number of β-amino-alcohol motifs (C(OH)–C–C–N with tert-alkyl or cyclic N) is 1. The second-order valence-corrected chi connectivity index (χ2v) is 11.2. The predicted octanol–water partition coefficient (Wildman–Crippen LogP) is 3.05. The molecule has 3 fully saturated rings. The van der Waals surface area contributed by atoms with Gasteiger partial charge in [0.2, 0.25) is 5.91 Å². The highest BCUT2D eigenvalue weighted by Gasteiger charge is 2.53. The Hall–Kier alpha value is -0.820. The van der Waals surface area contributed by atoms with Crippen molar-refractivity contribution in [2.45, 2.75) is 101 Å². The molecule has 1 heterocycles. The number of aliphatic hydroxyl groups is 1. The molecule has 0 bridgehead atoms. The molecule has 0 spiro atoms. The van der Waals surface area contributed by atoms with Crippen LogP contribution in [-0.2, 0) is 9.59 Å². The third-order valence-electron chi connectivity index (χ3n) is 6.57. The van der Waals surface area contributed by atoms with Crippen molar-refractivity contribution < 1.29 is 19.1 Å². The molecule has 2 N–H and O–H groups in total. The molecule has 0 aromatic heterocycles. The third-order valence-corrected chi connectivity index (χ3v) is 8.18. The first kappa shape index (κ1) is 21.9. The summed E-state index contributed by atoms with van der Waals surface area (Å²) in [5.41, 5.74) is -1.81. The summed E-state index contributed by atoms with van der Waals surface area (Å²) in [5, 5.41) is 12.7. The quantitative estimate of drug-likeness (QED) is 0.672. The number of likely N-dealkylation sites (tertiary alicyclic amines) is 1. The van der Waals surface area contributed by atoms with Gasteiger partial charge in [0, 0.05) is 17.3 Å². The van der Waals surface area contributed by atoms with E-state index in [1.165, 1.54) is 32.1 Å². The maximum Gasteiger partial charge on any atom is 0.258 e. The van der Waals surface area contributed by atoms with E-state index in [0.29, 0.717) is 12.3 Å². The van der Waals surface area contributed by atoms with Crippen LogP contribution in [0.4, 0.5) is 4.39 Å². The first-order chi connectivity index (χ1) is 13.1. The maximum atomic E-state index is 14.3. The van der Waals surface area contributed by atoms with Crippen LogP contribution in [0.25, 0.3) is 0 Å². The van der Waals surface area contributed by atoms with Crippen LogP contribution in [-0.4, -0.2) is 62.7 Å². The van der Waals surface area contributed by atoms with Crippen molar-refractivity contribution in [3.05, 3.63) is 0 Å². The summed E-state index contributed by atoms with van der Waals surface area (Å²) in [6.45, 7) is 6.12. The number of alkyl halides is 1. The third kappa shape index (κ3) is 5.02. The smallest absolute Gasteiger partial charge is 0.258 e. The lowest BCUT2D eigenvalue weighted by molar-refractivity contribution is -0.139. The molecule has 2 amide bonds. The lowest BCUT2D eigenvalue weighted by Crippen LogP contribution is -2.59. The average Bonchev–Trinajstić information content (AvgIpc) is 3.32. The predicted molar refractivity (Wildman–Crippen MR) is 110 cm³/mol. The van der Waals surface area contributed by atoms with Gasteiger partial charge in [-0.2, -0.15) is 11.8 Å². The van der Waals surface area contributed by atoms with Gasteiger partial charge in [0.25, 0.3) is 5.91 Å². The second kappa shape index (κ2) is 8.50. The number of thioether (sulfide) groups is 1. The van der Waals surface area contributed by atoms with E-state index in [9.17, 15) is 19.1 Å².